The summed E-state index contributed by atoms with van der Waals surface area (Å²) >= 11 is 0. The van der Waals surface area contributed by atoms with Gasteiger partial charge in [0.2, 0.25) is 17.6 Å². The Kier molecular flexibility index (Phi) is 5.84. The minimum Gasteiger partial charge on any atom is -0.352 e. The Morgan fingerprint density at radius 1 is 1.10 bits per heavy atom. The van der Waals surface area contributed by atoms with Crippen molar-refractivity contribution in [2.75, 3.05) is 0 Å². The second-order valence-electron chi connectivity index (χ2n) is 8.81. The zero-order valence-electron chi connectivity index (χ0n) is 18.3. The van der Waals surface area contributed by atoms with Crippen LogP contribution in [0.4, 0.5) is 0 Å². The summed E-state index contributed by atoms with van der Waals surface area (Å²) in [5.41, 5.74) is 1.02. The third kappa shape index (κ3) is 4.22. The molecule has 31 heavy (non-hydrogen) atoms. The lowest BCUT2D eigenvalue weighted by Gasteiger charge is -2.29. The molecular weight excluding hydrogens is 396 g/mol. The Balaban J connectivity index is 1.66. The van der Waals surface area contributed by atoms with E-state index in [4.69, 9.17) is 0 Å². The molecule has 2 N–H and O–H groups in total. The maximum Gasteiger partial charge on any atom is 0.352 e. The molecule has 9 nitrogen and oxygen atoms in total. The summed E-state index contributed by atoms with van der Waals surface area (Å²) in [6.45, 7) is 5.79. The highest BCUT2D eigenvalue weighted by Gasteiger charge is 2.25. The third-order valence-electron chi connectivity index (χ3n) is 5.98. The van der Waals surface area contributed by atoms with Crippen LogP contribution in [0, 0.1) is 5.92 Å². The molecule has 9 heteroatoms. The lowest BCUT2D eigenvalue weighted by molar-refractivity contribution is -0.123. The summed E-state index contributed by atoms with van der Waals surface area (Å²) in [5, 5.41) is 10.3. The molecule has 1 aromatic carbocycles. The standard InChI is InChI=1S/C22H30N6O3/c1-14(2)23-20(30)13-27-22(31)28-18-11-7-6-10-17(18)26(21(28)25-27)12-19(29)24-16-9-5-4-8-15(16)3/h6-7,10-11,14-16H,4-5,8-9,12-13H2,1-3H3,(H,23,30)(H,24,29)/t15-,16+/m1/s1. The van der Waals surface area contributed by atoms with E-state index in [-0.39, 0.29) is 37.0 Å². The molecule has 166 valence electrons. The maximum absolute atomic E-state index is 13.0. The number of carbonyl (C=O) groups is 2. The number of hydrogen-bond acceptors (Lipinski definition) is 4. The fourth-order valence-electron chi connectivity index (χ4n) is 4.46. The summed E-state index contributed by atoms with van der Waals surface area (Å²) in [7, 11) is 0. The molecule has 3 aromatic rings. The van der Waals surface area contributed by atoms with Gasteiger partial charge in [-0.1, -0.05) is 31.9 Å². The van der Waals surface area contributed by atoms with Gasteiger partial charge in [-0.2, -0.15) is 0 Å². The molecule has 1 saturated carbocycles. The molecule has 2 heterocycles. The smallest absolute Gasteiger partial charge is 0.352 e. The molecule has 0 spiro atoms. The summed E-state index contributed by atoms with van der Waals surface area (Å²) in [4.78, 5) is 38.0. The van der Waals surface area contributed by atoms with Gasteiger partial charge in [0.15, 0.2) is 0 Å². The Morgan fingerprint density at radius 2 is 1.81 bits per heavy atom. The predicted octanol–water partition coefficient (Wildman–Crippen LogP) is 1.67. The van der Waals surface area contributed by atoms with Gasteiger partial charge in [-0.15, -0.1) is 5.10 Å². The normalized spacial score (nSPS) is 19.2. The van der Waals surface area contributed by atoms with Crippen molar-refractivity contribution >= 4 is 28.6 Å². The van der Waals surface area contributed by atoms with Crippen LogP contribution >= 0.6 is 0 Å². The van der Waals surface area contributed by atoms with Gasteiger partial charge in [0, 0.05) is 12.1 Å². The molecule has 0 aliphatic heterocycles. The Morgan fingerprint density at radius 3 is 2.52 bits per heavy atom. The van der Waals surface area contributed by atoms with Crippen LogP contribution in [0.1, 0.15) is 46.5 Å². The van der Waals surface area contributed by atoms with Crippen LogP contribution in [0.15, 0.2) is 29.1 Å². The van der Waals surface area contributed by atoms with E-state index in [2.05, 4.69) is 22.7 Å². The lowest BCUT2D eigenvalue weighted by atomic mass is 9.86. The molecule has 4 rings (SSSR count). The monoisotopic (exact) mass is 426 g/mol. The molecular formula is C22H30N6O3. The van der Waals surface area contributed by atoms with E-state index in [0.717, 1.165) is 29.5 Å². The van der Waals surface area contributed by atoms with E-state index in [9.17, 15) is 14.4 Å². The summed E-state index contributed by atoms with van der Waals surface area (Å²) < 4.78 is 4.36. The second kappa shape index (κ2) is 8.56. The zero-order valence-corrected chi connectivity index (χ0v) is 18.3. The Hall–Kier alpha value is -3.10. The van der Waals surface area contributed by atoms with Crippen LogP contribution in [0.3, 0.4) is 0 Å². The second-order valence-corrected chi connectivity index (χ2v) is 8.81. The lowest BCUT2D eigenvalue weighted by Crippen LogP contribution is -2.42. The summed E-state index contributed by atoms with van der Waals surface area (Å²) in [6, 6.07) is 7.55. The van der Waals surface area contributed by atoms with Crippen LogP contribution < -0.4 is 16.3 Å². The van der Waals surface area contributed by atoms with Crippen molar-refractivity contribution in [3.8, 4) is 0 Å². The van der Waals surface area contributed by atoms with Crippen molar-refractivity contribution in [2.24, 2.45) is 5.92 Å². The van der Waals surface area contributed by atoms with E-state index in [1.807, 2.05) is 38.1 Å². The molecule has 0 saturated heterocycles. The van der Waals surface area contributed by atoms with Gasteiger partial charge < -0.3 is 10.6 Å². The number of amides is 2. The van der Waals surface area contributed by atoms with Crippen molar-refractivity contribution in [1.82, 2.24) is 29.4 Å². The minimum absolute atomic E-state index is 0.0271. The van der Waals surface area contributed by atoms with Crippen molar-refractivity contribution < 1.29 is 9.59 Å². The molecule has 1 fully saturated rings. The highest BCUT2D eigenvalue weighted by Crippen LogP contribution is 2.24. The van der Waals surface area contributed by atoms with Crippen LogP contribution in [0.2, 0.25) is 0 Å². The van der Waals surface area contributed by atoms with Crippen molar-refractivity contribution in [1.29, 1.82) is 0 Å². The SMILES string of the molecule is CC(C)NC(=O)Cn1nc2n(CC(=O)N[C@H]3CCCC[C@H]3C)c3ccccc3n2c1=O. The highest BCUT2D eigenvalue weighted by atomic mass is 16.2. The molecule has 0 radical (unpaired) electrons. The van der Waals surface area contributed by atoms with E-state index in [1.165, 1.54) is 10.8 Å². The third-order valence-corrected chi connectivity index (χ3v) is 5.98. The number of aromatic nitrogens is 4. The zero-order chi connectivity index (χ0) is 22.1. The molecule has 1 aliphatic carbocycles. The van der Waals surface area contributed by atoms with E-state index >= 15 is 0 Å². The number of carbonyl (C=O) groups excluding carboxylic acids is 2. The van der Waals surface area contributed by atoms with Gasteiger partial charge in [0.1, 0.15) is 13.1 Å². The number of rotatable bonds is 6. The Labute approximate surface area is 180 Å². The maximum atomic E-state index is 13.0. The highest BCUT2D eigenvalue weighted by molar-refractivity contribution is 5.84. The van der Waals surface area contributed by atoms with Crippen LogP contribution in [-0.2, 0) is 22.7 Å². The number of hydrogen-bond donors (Lipinski definition) is 2. The van der Waals surface area contributed by atoms with Crippen LogP contribution in [0.25, 0.3) is 16.8 Å². The summed E-state index contributed by atoms with van der Waals surface area (Å²) in [6.07, 6.45) is 4.46. The molecule has 0 bridgehead atoms. The molecule has 0 unspecified atom stereocenters. The topological polar surface area (TPSA) is 102 Å². The van der Waals surface area contributed by atoms with E-state index in [1.54, 1.807) is 4.57 Å². The van der Waals surface area contributed by atoms with Crippen LogP contribution in [-0.4, -0.2) is 42.6 Å². The fourth-order valence-corrected chi connectivity index (χ4v) is 4.46. The first-order valence-corrected chi connectivity index (χ1v) is 11.0. The van der Waals surface area contributed by atoms with Gasteiger partial charge in [-0.25, -0.2) is 13.9 Å². The van der Waals surface area contributed by atoms with Crippen molar-refractivity contribution in [3.05, 3.63) is 34.7 Å². The molecule has 2 amide bonds. The molecule has 1 aliphatic rings. The van der Waals surface area contributed by atoms with Gasteiger partial charge in [0.25, 0.3) is 0 Å². The average Bonchev–Trinajstić information content (AvgIpc) is 3.18. The van der Waals surface area contributed by atoms with Gasteiger partial charge in [-0.05, 0) is 44.7 Å². The van der Waals surface area contributed by atoms with Crippen LogP contribution in [0.5, 0.6) is 0 Å². The van der Waals surface area contributed by atoms with Crippen molar-refractivity contribution in [2.45, 2.75) is 71.6 Å². The van der Waals surface area contributed by atoms with E-state index < -0.39 is 5.69 Å². The first-order valence-electron chi connectivity index (χ1n) is 11.0. The number of para-hydroxylation sites is 2. The Bertz CT molecular complexity index is 1170. The predicted molar refractivity (Wildman–Crippen MR) is 118 cm³/mol. The molecule has 2 aromatic heterocycles. The average molecular weight is 427 g/mol. The number of benzene rings is 1. The van der Waals surface area contributed by atoms with E-state index in [0.29, 0.717) is 17.2 Å². The quantitative estimate of drug-likeness (QED) is 0.626. The minimum atomic E-state index is -0.398. The van der Waals surface area contributed by atoms with Gasteiger partial charge >= 0.3 is 5.69 Å². The fraction of sp³-hybridized carbons (Fsp3) is 0.545. The number of nitrogens with zero attached hydrogens (tertiary/aromatic N) is 4. The number of nitrogens with one attached hydrogen (secondary N) is 2. The van der Waals surface area contributed by atoms with Gasteiger partial charge in [0.05, 0.1) is 11.0 Å². The summed E-state index contributed by atoms with van der Waals surface area (Å²) in [5.74, 6) is 0.440. The largest absolute Gasteiger partial charge is 0.352 e. The first-order chi connectivity index (χ1) is 14.8. The number of fused-ring (bicyclic) bond motifs is 3. The molecule has 2 atom stereocenters. The first kappa shape index (κ1) is 21.1. The van der Waals surface area contributed by atoms with Crippen molar-refractivity contribution in [3.63, 3.8) is 0 Å². The number of imidazole rings is 1. The van der Waals surface area contributed by atoms with Gasteiger partial charge in [-0.3, -0.25) is 14.2 Å².